The van der Waals surface area contributed by atoms with Crippen LogP contribution in [0.1, 0.15) is 45.2 Å². The molecule has 1 aliphatic heterocycles. The van der Waals surface area contributed by atoms with Gasteiger partial charge in [-0.1, -0.05) is 13.3 Å². The zero-order valence-corrected chi connectivity index (χ0v) is 18.8. The van der Waals surface area contributed by atoms with E-state index >= 15 is 0 Å². The van der Waals surface area contributed by atoms with E-state index in [0.29, 0.717) is 25.1 Å². The molecule has 2 aromatic rings. The van der Waals surface area contributed by atoms with Crippen LogP contribution in [0.3, 0.4) is 0 Å². The predicted molar refractivity (Wildman–Crippen MR) is 118 cm³/mol. The monoisotopic (exact) mass is 444 g/mol. The fourth-order valence-corrected chi connectivity index (χ4v) is 4.54. The van der Waals surface area contributed by atoms with Crippen LogP contribution in [0.2, 0.25) is 0 Å². The molecule has 1 saturated heterocycles. The number of hydrogen-bond donors (Lipinski definition) is 2. The molecule has 9 heteroatoms. The van der Waals surface area contributed by atoms with Crippen molar-refractivity contribution in [1.82, 2.24) is 20.7 Å². The molecule has 0 saturated carbocycles. The SMILES string of the molecule is CCCC(NC(C)=O)C(=O)N1CCCC1C(=O)NOc1ccc(-c2scnc2C)cc1. The number of nitrogens with one attached hydrogen (secondary N) is 2. The Bertz CT molecular complexity index is 928. The minimum atomic E-state index is -0.612. The van der Waals surface area contributed by atoms with Crippen molar-refractivity contribution in [2.75, 3.05) is 6.54 Å². The molecule has 2 N–H and O–H groups in total. The van der Waals surface area contributed by atoms with Gasteiger partial charge in [-0.15, -0.1) is 11.3 Å². The number of aromatic nitrogens is 1. The van der Waals surface area contributed by atoms with Gasteiger partial charge in [0, 0.05) is 13.5 Å². The first-order valence-electron chi connectivity index (χ1n) is 10.5. The van der Waals surface area contributed by atoms with Gasteiger partial charge in [0.15, 0.2) is 5.75 Å². The highest BCUT2D eigenvalue weighted by Crippen LogP contribution is 2.28. The van der Waals surface area contributed by atoms with Gasteiger partial charge in [-0.25, -0.2) is 4.98 Å². The Morgan fingerprint density at radius 1 is 1.29 bits per heavy atom. The fraction of sp³-hybridized carbons (Fsp3) is 0.455. The molecule has 3 amide bonds. The molecule has 2 heterocycles. The third kappa shape index (κ3) is 5.61. The van der Waals surface area contributed by atoms with E-state index in [2.05, 4.69) is 15.8 Å². The van der Waals surface area contributed by atoms with E-state index in [0.717, 1.165) is 29.0 Å². The first kappa shape index (κ1) is 22.7. The van der Waals surface area contributed by atoms with Crippen LogP contribution in [0.15, 0.2) is 29.8 Å². The lowest BCUT2D eigenvalue weighted by molar-refractivity contribution is -0.143. The Morgan fingerprint density at radius 2 is 2.03 bits per heavy atom. The predicted octanol–water partition coefficient (Wildman–Crippen LogP) is 2.82. The van der Waals surface area contributed by atoms with E-state index in [4.69, 9.17) is 4.84 Å². The second kappa shape index (κ2) is 10.4. The second-order valence-corrected chi connectivity index (χ2v) is 8.45. The van der Waals surface area contributed by atoms with Crippen LogP contribution in [0.5, 0.6) is 5.75 Å². The van der Waals surface area contributed by atoms with Crippen molar-refractivity contribution in [2.24, 2.45) is 0 Å². The molecule has 0 radical (unpaired) electrons. The number of benzene rings is 1. The lowest BCUT2D eigenvalue weighted by atomic mass is 10.1. The lowest BCUT2D eigenvalue weighted by Crippen LogP contribution is -2.53. The van der Waals surface area contributed by atoms with Crippen molar-refractivity contribution in [2.45, 2.75) is 58.5 Å². The highest BCUT2D eigenvalue weighted by atomic mass is 32.1. The van der Waals surface area contributed by atoms with Gasteiger partial charge in [0.05, 0.1) is 16.1 Å². The van der Waals surface area contributed by atoms with E-state index in [-0.39, 0.29) is 17.7 Å². The molecule has 31 heavy (non-hydrogen) atoms. The minimum Gasteiger partial charge on any atom is -0.379 e. The number of likely N-dealkylation sites (tertiary alicyclic amines) is 1. The molecule has 2 atom stereocenters. The summed E-state index contributed by atoms with van der Waals surface area (Å²) in [5.74, 6) is -0.352. The number of amides is 3. The highest BCUT2D eigenvalue weighted by molar-refractivity contribution is 7.13. The van der Waals surface area contributed by atoms with Crippen molar-refractivity contribution < 1.29 is 19.2 Å². The summed E-state index contributed by atoms with van der Waals surface area (Å²) in [7, 11) is 0. The summed E-state index contributed by atoms with van der Waals surface area (Å²) in [6.07, 6.45) is 2.57. The largest absolute Gasteiger partial charge is 0.379 e. The van der Waals surface area contributed by atoms with Crippen molar-refractivity contribution in [3.8, 4) is 16.2 Å². The molecule has 3 rings (SSSR count). The molecule has 1 aromatic heterocycles. The van der Waals surface area contributed by atoms with Crippen molar-refractivity contribution in [3.05, 3.63) is 35.5 Å². The summed E-state index contributed by atoms with van der Waals surface area (Å²) in [5.41, 5.74) is 6.28. The maximum atomic E-state index is 12.9. The van der Waals surface area contributed by atoms with Crippen molar-refractivity contribution in [3.63, 3.8) is 0 Å². The summed E-state index contributed by atoms with van der Waals surface area (Å²) < 4.78 is 0. The standard InChI is InChI=1S/C22H28N4O4S/c1-4-6-18(24-15(3)27)22(29)26-12-5-7-19(26)21(28)25-30-17-10-8-16(9-11-17)20-14(2)23-13-31-20/h8-11,13,18-19H,4-7,12H2,1-3H3,(H,24,27)(H,25,28). The third-order valence-corrected chi connectivity index (χ3v) is 6.20. The average molecular weight is 445 g/mol. The van der Waals surface area contributed by atoms with Crippen LogP contribution >= 0.6 is 11.3 Å². The molecule has 0 spiro atoms. The van der Waals surface area contributed by atoms with Gasteiger partial charge in [0.1, 0.15) is 12.1 Å². The molecular weight excluding hydrogens is 416 g/mol. The van der Waals surface area contributed by atoms with E-state index in [9.17, 15) is 14.4 Å². The number of rotatable bonds is 8. The van der Waals surface area contributed by atoms with Gasteiger partial charge < -0.3 is 15.1 Å². The van der Waals surface area contributed by atoms with Crippen LogP contribution < -0.4 is 15.6 Å². The number of carbonyl (C=O) groups excluding carboxylic acids is 3. The zero-order valence-electron chi connectivity index (χ0n) is 18.0. The van der Waals surface area contributed by atoms with Gasteiger partial charge in [-0.05, 0) is 56.0 Å². The van der Waals surface area contributed by atoms with E-state index in [1.165, 1.54) is 6.92 Å². The first-order chi connectivity index (χ1) is 14.9. The number of hydroxylamine groups is 1. The summed E-state index contributed by atoms with van der Waals surface area (Å²) in [6, 6.07) is 6.16. The molecule has 1 aromatic carbocycles. The Balaban J connectivity index is 1.59. The smallest absolute Gasteiger partial charge is 0.275 e. The molecule has 2 unspecified atom stereocenters. The first-order valence-corrected chi connectivity index (χ1v) is 11.3. The molecule has 8 nitrogen and oxygen atoms in total. The maximum Gasteiger partial charge on any atom is 0.275 e. The van der Waals surface area contributed by atoms with E-state index in [1.807, 2.05) is 26.0 Å². The van der Waals surface area contributed by atoms with Crippen LogP contribution in [0.25, 0.3) is 10.4 Å². The molecule has 0 bridgehead atoms. The number of nitrogens with zero attached hydrogens (tertiary/aromatic N) is 2. The topological polar surface area (TPSA) is 101 Å². The normalized spacial score (nSPS) is 16.6. The Kier molecular flexibility index (Phi) is 7.62. The molecule has 166 valence electrons. The number of carbonyl (C=O) groups is 3. The van der Waals surface area contributed by atoms with Crippen molar-refractivity contribution in [1.29, 1.82) is 0 Å². The summed E-state index contributed by atoms with van der Waals surface area (Å²) in [4.78, 5) is 49.5. The maximum absolute atomic E-state index is 12.9. The Hall–Kier alpha value is -2.94. The number of thiazole rings is 1. The quantitative estimate of drug-likeness (QED) is 0.610. The van der Waals surface area contributed by atoms with Crippen molar-refractivity contribution >= 4 is 29.1 Å². The third-order valence-electron chi connectivity index (χ3n) is 5.22. The summed E-state index contributed by atoms with van der Waals surface area (Å²) in [6.45, 7) is 5.78. The molecule has 0 aliphatic carbocycles. The van der Waals surface area contributed by atoms with Gasteiger partial charge in [0.2, 0.25) is 11.8 Å². The second-order valence-electron chi connectivity index (χ2n) is 7.59. The lowest BCUT2D eigenvalue weighted by Gasteiger charge is -2.28. The highest BCUT2D eigenvalue weighted by Gasteiger charge is 2.37. The summed E-state index contributed by atoms with van der Waals surface area (Å²) in [5, 5.41) is 2.70. The Morgan fingerprint density at radius 3 is 2.65 bits per heavy atom. The molecule has 1 aliphatic rings. The van der Waals surface area contributed by atoms with Gasteiger partial charge in [-0.2, -0.15) is 5.48 Å². The van der Waals surface area contributed by atoms with Crippen LogP contribution in [-0.4, -0.2) is 46.2 Å². The van der Waals surface area contributed by atoms with Crippen LogP contribution in [-0.2, 0) is 14.4 Å². The molecular formula is C22H28N4O4S. The minimum absolute atomic E-state index is 0.223. The number of aryl methyl sites for hydroxylation is 1. The summed E-state index contributed by atoms with van der Waals surface area (Å²) >= 11 is 1.57. The molecule has 1 fully saturated rings. The Labute approximate surface area is 185 Å². The van der Waals surface area contributed by atoms with Gasteiger partial charge >= 0.3 is 0 Å². The van der Waals surface area contributed by atoms with Crippen LogP contribution in [0, 0.1) is 6.92 Å². The zero-order chi connectivity index (χ0) is 22.4. The average Bonchev–Trinajstić information content (AvgIpc) is 3.40. The van der Waals surface area contributed by atoms with E-state index in [1.54, 1.807) is 33.9 Å². The van der Waals surface area contributed by atoms with Gasteiger partial charge in [-0.3, -0.25) is 14.4 Å². The van der Waals surface area contributed by atoms with E-state index < -0.39 is 12.1 Å². The number of hydrogen-bond acceptors (Lipinski definition) is 6. The fourth-order valence-electron chi connectivity index (χ4n) is 3.73. The van der Waals surface area contributed by atoms with Crippen LogP contribution in [0.4, 0.5) is 0 Å². The van der Waals surface area contributed by atoms with Gasteiger partial charge in [0.25, 0.3) is 5.91 Å².